The maximum Gasteiger partial charge on any atom is 0.287 e. The van der Waals surface area contributed by atoms with Crippen molar-refractivity contribution in [2.75, 3.05) is 20.8 Å². The molecule has 33 heavy (non-hydrogen) atoms. The lowest BCUT2D eigenvalue weighted by atomic mass is 10.0. The third kappa shape index (κ3) is 5.38. The summed E-state index contributed by atoms with van der Waals surface area (Å²) in [5.74, 6) is 1.25. The second-order valence-electron chi connectivity index (χ2n) is 8.36. The molecular formula is C26H29NO6. The molecule has 0 spiro atoms. The van der Waals surface area contributed by atoms with Crippen LogP contribution in [0.4, 0.5) is 0 Å². The number of nitrogens with one attached hydrogen (secondary N) is 1. The fraction of sp³-hybridized carbons (Fsp3) is 0.346. The molecule has 0 radical (unpaired) electrons. The summed E-state index contributed by atoms with van der Waals surface area (Å²) in [7, 11) is 3.23. The summed E-state index contributed by atoms with van der Waals surface area (Å²) in [5, 5.41) is 3.01. The van der Waals surface area contributed by atoms with E-state index >= 15 is 0 Å². The number of amides is 1. The van der Waals surface area contributed by atoms with Gasteiger partial charge in [-0.2, -0.15) is 0 Å². The smallest absolute Gasteiger partial charge is 0.287 e. The SMILES string of the molecule is COc1ccc(OC)c(Cc2ccc(C(=O)NC3COC(C)(C)OC3c3ccccc3)o2)c1. The van der Waals surface area contributed by atoms with Crippen molar-refractivity contribution in [1.29, 1.82) is 0 Å². The van der Waals surface area contributed by atoms with E-state index in [0.717, 1.165) is 22.6 Å². The van der Waals surface area contributed by atoms with E-state index in [9.17, 15) is 4.79 Å². The standard InChI is InChI=1S/C26H29NO6/c1-26(2)31-16-21(24(33-26)17-8-6-5-7-9-17)27-25(28)23-13-11-20(32-23)15-18-14-19(29-3)10-12-22(18)30-4/h5-14,21,24H,15-16H2,1-4H3,(H,27,28). The summed E-state index contributed by atoms with van der Waals surface area (Å²) in [6.45, 7) is 4.06. The van der Waals surface area contributed by atoms with Gasteiger partial charge in [0.2, 0.25) is 0 Å². The summed E-state index contributed by atoms with van der Waals surface area (Å²) >= 11 is 0. The number of furan rings is 1. The Morgan fingerprint density at radius 1 is 1.06 bits per heavy atom. The minimum Gasteiger partial charge on any atom is -0.497 e. The van der Waals surface area contributed by atoms with Gasteiger partial charge in [-0.3, -0.25) is 4.79 Å². The molecule has 1 saturated heterocycles. The zero-order chi connectivity index (χ0) is 23.4. The molecule has 2 unspecified atom stereocenters. The van der Waals surface area contributed by atoms with Crippen molar-refractivity contribution in [3.05, 3.63) is 83.3 Å². The van der Waals surface area contributed by atoms with E-state index in [1.807, 2.05) is 62.4 Å². The van der Waals surface area contributed by atoms with Gasteiger partial charge in [-0.25, -0.2) is 0 Å². The number of hydrogen-bond donors (Lipinski definition) is 1. The summed E-state index contributed by atoms with van der Waals surface area (Å²) < 4.78 is 28.6. The predicted octanol–water partition coefficient (Wildman–Crippen LogP) is 4.51. The number of ether oxygens (including phenoxy) is 4. The van der Waals surface area contributed by atoms with Gasteiger partial charge >= 0.3 is 0 Å². The van der Waals surface area contributed by atoms with Crippen LogP contribution in [0.5, 0.6) is 11.5 Å². The summed E-state index contributed by atoms with van der Waals surface area (Å²) in [6, 6.07) is 18.5. The highest BCUT2D eigenvalue weighted by molar-refractivity contribution is 5.91. The van der Waals surface area contributed by atoms with E-state index in [0.29, 0.717) is 18.8 Å². The summed E-state index contributed by atoms with van der Waals surface area (Å²) in [6.07, 6.45) is 0.124. The van der Waals surface area contributed by atoms with Gasteiger partial charge in [0.1, 0.15) is 23.4 Å². The van der Waals surface area contributed by atoms with Gasteiger partial charge in [0.25, 0.3) is 5.91 Å². The molecule has 0 aliphatic carbocycles. The largest absolute Gasteiger partial charge is 0.497 e. The van der Waals surface area contributed by atoms with Crippen LogP contribution in [0, 0.1) is 0 Å². The zero-order valence-electron chi connectivity index (χ0n) is 19.3. The van der Waals surface area contributed by atoms with E-state index < -0.39 is 5.79 Å². The Kier molecular flexibility index (Phi) is 6.72. The molecular weight excluding hydrogens is 422 g/mol. The Bertz CT molecular complexity index is 1090. The zero-order valence-corrected chi connectivity index (χ0v) is 19.3. The van der Waals surface area contributed by atoms with Gasteiger partial charge in [-0.1, -0.05) is 30.3 Å². The monoisotopic (exact) mass is 451 g/mol. The first-order valence-corrected chi connectivity index (χ1v) is 10.9. The summed E-state index contributed by atoms with van der Waals surface area (Å²) in [4.78, 5) is 13.0. The average molecular weight is 452 g/mol. The minimum absolute atomic E-state index is 0.225. The van der Waals surface area contributed by atoms with E-state index in [4.69, 9.17) is 23.4 Å². The molecule has 4 rings (SSSR count). The van der Waals surface area contributed by atoms with Crippen molar-refractivity contribution >= 4 is 5.91 Å². The maximum absolute atomic E-state index is 13.0. The second-order valence-corrected chi connectivity index (χ2v) is 8.36. The molecule has 7 nitrogen and oxygen atoms in total. The molecule has 1 amide bonds. The number of carbonyl (C=O) groups excluding carboxylic acids is 1. The molecule has 2 atom stereocenters. The Morgan fingerprint density at radius 3 is 2.58 bits per heavy atom. The highest BCUT2D eigenvalue weighted by Gasteiger charge is 2.38. The van der Waals surface area contributed by atoms with Crippen molar-refractivity contribution in [3.8, 4) is 11.5 Å². The van der Waals surface area contributed by atoms with Crippen molar-refractivity contribution in [2.45, 2.75) is 38.2 Å². The van der Waals surface area contributed by atoms with E-state index in [1.165, 1.54) is 0 Å². The lowest BCUT2D eigenvalue weighted by molar-refractivity contribution is -0.284. The third-order valence-corrected chi connectivity index (χ3v) is 5.57. The van der Waals surface area contributed by atoms with Crippen molar-refractivity contribution in [3.63, 3.8) is 0 Å². The molecule has 1 fully saturated rings. The average Bonchev–Trinajstić information content (AvgIpc) is 3.29. The maximum atomic E-state index is 13.0. The fourth-order valence-corrected chi connectivity index (χ4v) is 3.90. The van der Waals surface area contributed by atoms with Crippen LogP contribution < -0.4 is 14.8 Å². The first kappa shape index (κ1) is 22.9. The molecule has 1 aliphatic heterocycles. The molecule has 7 heteroatoms. The number of methoxy groups -OCH3 is 2. The van der Waals surface area contributed by atoms with Crippen LogP contribution >= 0.6 is 0 Å². The molecule has 3 aromatic rings. The fourth-order valence-electron chi connectivity index (χ4n) is 3.90. The van der Waals surface area contributed by atoms with Crippen LogP contribution in [0.1, 0.15) is 47.4 Å². The molecule has 1 N–H and O–H groups in total. The van der Waals surface area contributed by atoms with Crippen LogP contribution in [-0.4, -0.2) is 38.6 Å². The van der Waals surface area contributed by atoms with Gasteiger partial charge in [0.15, 0.2) is 11.5 Å². The van der Waals surface area contributed by atoms with E-state index in [1.54, 1.807) is 26.4 Å². The second kappa shape index (κ2) is 9.68. The molecule has 2 heterocycles. The van der Waals surface area contributed by atoms with Crippen LogP contribution in [0.3, 0.4) is 0 Å². The van der Waals surface area contributed by atoms with Crippen molar-refractivity contribution in [2.24, 2.45) is 0 Å². The van der Waals surface area contributed by atoms with Crippen LogP contribution in [-0.2, 0) is 15.9 Å². The van der Waals surface area contributed by atoms with Gasteiger partial charge in [0, 0.05) is 12.0 Å². The van der Waals surface area contributed by atoms with Crippen molar-refractivity contribution < 1.29 is 28.2 Å². The van der Waals surface area contributed by atoms with Gasteiger partial charge in [0.05, 0.1) is 26.9 Å². The number of benzene rings is 2. The topological polar surface area (TPSA) is 79.2 Å². The normalized spacial score (nSPS) is 19.6. The van der Waals surface area contributed by atoms with Crippen LogP contribution in [0.15, 0.2) is 65.1 Å². The highest BCUT2D eigenvalue weighted by atomic mass is 16.7. The van der Waals surface area contributed by atoms with E-state index in [-0.39, 0.29) is 23.8 Å². The molecule has 1 aromatic heterocycles. The van der Waals surface area contributed by atoms with Crippen molar-refractivity contribution in [1.82, 2.24) is 5.32 Å². The van der Waals surface area contributed by atoms with E-state index in [2.05, 4.69) is 5.32 Å². The predicted molar refractivity (Wildman–Crippen MR) is 123 cm³/mol. The quantitative estimate of drug-likeness (QED) is 0.569. The van der Waals surface area contributed by atoms with Gasteiger partial charge in [-0.15, -0.1) is 0 Å². The Labute approximate surface area is 193 Å². The molecule has 174 valence electrons. The number of carbonyl (C=O) groups is 1. The van der Waals surface area contributed by atoms with Crippen LogP contribution in [0.25, 0.3) is 0 Å². The first-order valence-electron chi connectivity index (χ1n) is 10.9. The molecule has 0 saturated carbocycles. The minimum atomic E-state index is -0.741. The number of hydrogen-bond acceptors (Lipinski definition) is 6. The first-order chi connectivity index (χ1) is 15.9. The third-order valence-electron chi connectivity index (χ3n) is 5.57. The molecule has 0 bridgehead atoms. The molecule has 2 aromatic carbocycles. The Balaban J connectivity index is 1.48. The van der Waals surface area contributed by atoms with Gasteiger partial charge in [-0.05, 0) is 49.7 Å². The molecule has 1 aliphatic rings. The Morgan fingerprint density at radius 2 is 1.85 bits per heavy atom. The lowest BCUT2D eigenvalue weighted by Crippen LogP contribution is -2.51. The van der Waals surface area contributed by atoms with Crippen LogP contribution in [0.2, 0.25) is 0 Å². The Hall–Kier alpha value is -3.29. The summed E-state index contributed by atoms with van der Waals surface area (Å²) in [5.41, 5.74) is 1.88. The van der Waals surface area contributed by atoms with Gasteiger partial charge < -0.3 is 28.7 Å². The highest BCUT2D eigenvalue weighted by Crippen LogP contribution is 2.33. The number of rotatable bonds is 7. The lowest BCUT2D eigenvalue weighted by Gasteiger charge is -2.41.